The molecule has 6 saturated carbocycles. The lowest BCUT2D eigenvalue weighted by Gasteiger charge is -2.85. The molecule has 0 radical (unpaired) electrons. The molecule has 2 aromatic carbocycles. The summed E-state index contributed by atoms with van der Waals surface area (Å²) in [5.74, 6) is 6.63. The van der Waals surface area contributed by atoms with Gasteiger partial charge in [0.15, 0.2) is 0 Å². The summed E-state index contributed by atoms with van der Waals surface area (Å²) in [5.41, 5.74) is 3.40. The van der Waals surface area contributed by atoms with Gasteiger partial charge < -0.3 is 18.9 Å². The summed E-state index contributed by atoms with van der Waals surface area (Å²) in [5, 5.41) is 2.32. The lowest BCUT2D eigenvalue weighted by atomic mass is 9.18. The van der Waals surface area contributed by atoms with Crippen LogP contribution in [0.15, 0.2) is 36.4 Å². The van der Waals surface area contributed by atoms with Gasteiger partial charge in [0.1, 0.15) is 11.5 Å². The van der Waals surface area contributed by atoms with Crippen molar-refractivity contribution in [2.24, 2.45) is 81.8 Å². The average Bonchev–Trinajstić information content (AvgIpc) is 3.83. The number of carbonyl (C=O) groups is 2. The Bertz CT molecular complexity index is 1590. The Labute approximate surface area is 258 Å². The minimum Gasteiger partial charge on any atom is -0.496 e. The largest absolute Gasteiger partial charge is 0.496 e. The van der Waals surface area contributed by atoms with Crippen LogP contribution in [-0.2, 0) is 19.1 Å². The molecule has 44 heavy (non-hydrogen) atoms. The third-order valence-electron chi connectivity index (χ3n) is 15.9. The van der Waals surface area contributed by atoms with Crippen molar-refractivity contribution in [1.29, 1.82) is 0 Å². The third kappa shape index (κ3) is 2.37. The highest BCUT2D eigenvalue weighted by molar-refractivity contribution is 5.97. The molecular weight excluding hydrogens is 552 g/mol. The highest BCUT2D eigenvalue weighted by Crippen LogP contribution is 2.96. The maximum atomic E-state index is 13.3. The van der Waals surface area contributed by atoms with Crippen molar-refractivity contribution >= 4 is 22.7 Å². The molecule has 0 spiro atoms. The van der Waals surface area contributed by atoms with Crippen molar-refractivity contribution in [3.63, 3.8) is 0 Å². The molecule has 0 aromatic heterocycles. The zero-order chi connectivity index (χ0) is 30.2. The molecule has 0 heterocycles. The Kier molecular flexibility index (Phi) is 4.79. The van der Waals surface area contributed by atoms with Gasteiger partial charge in [-0.15, -0.1) is 0 Å². The zero-order valence-electron chi connectivity index (χ0n) is 26.4. The number of fused-ring (bicyclic) bond motifs is 20. The SMILES string of the molecule is COC(=O)[C@@H]1[C@H]2C=C[C@@H]([C@H]1C(=O)OC)[C@@H]1[C@@H]3C[C@H]([C@H]21)[C@@H]1[C@H]3[C@@]2(C)[C@H]3[C@H]([C@H]4C[C@@H]3c3c4c(OC)c4ccccc4c3OC)[C@@]12C. The predicted octanol–water partition coefficient (Wildman–Crippen LogP) is 6.22. The highest BCUT2D eigenvalue weighted by atomic mass is 16.5. The van der Waals surface area contributed by atoms with E-state index in [2.05, 4.69) is 50.3 Å². The van der Waals surface area contributed by atoms with Gasteiger partial charge in [-0.3, -0.25) is 9.59 Å². The van der Waals surface area contributed by atoms with E-state index in [1.807, 2.05) is 14.2 Å². The number of benzene rings is 2. The number of methoxy groups -OCH3 is 4. The Morgan fingerprint density at radius 3 is 1.48 bits per heavy atom. The topological polar surface area (TPSA) is 71.1 Å². The van der Waals surface area contributed by atoms with Gasteiger partial charge in [-0.2, -0.15) is 0 Å². The van der Waals surface area contributed by atoms with E-state index in [9.17, 15) is 9.59 Å². The van der Waals surface area contributed by atoms with Crippen molar-refractivity contribution in [1.82, 2.24) is 0 Å². The normalized spacial score (nSPS) is 50.1. The number of carbonyl (C=O) groups excluding carboxylic acids is 2. The molecule has 16 atom stereocenters. The van der Waals surface area contributed by atoms with E-state index in [1.165, 1.54) is 38.2 Å². The fraction of sp³-hybridized carbons (Fsp3) is 0.632. The number of allylic oxidation sites excluding steroid dienone is 2. The Morgan fingerprint density at radius 2 is 1.09 bits per heavy atom. The number of esters is 2. The van der Waals surface area contributed by atoms with Crippen LogP contribution < -0.4 is 9.47 Å². The van der Waals surface area contributed by atoms with Gasteiger partial charge in [0.25, 0.3) is 0 Å². The first-order valence-electron chi connectivity index (χ1n) is 16.8. The maximum absolute atomic E-state index is 13.3. The zero-order valence-corrected chi connectivity index (χ0v) is 26.4. The van der Waals surface area contributed by atoms with Crippen molar-refractivity contribution in [3.05, 3.63) is 47.5 Å². The molecule has 0 N–H and O–H groups in total. The molecule has 6 fully saturated rings. The highest BCUT2D eigenvalue weighted by Gasteiger charge is 2.91. The van der Waals surface area contributed by atoms with Crippen molar-refractivity contribution in [2.75, 3.05) is 28.4 Å². The van der Waals surface area contributed by atoms with E-state index in [0.29, 0.717) is 59.2 Å². The van der Waals surface area contributed by atoms with Gasteiger partial charge in [-0.25, -0.2) is 0 Å². The van der Waals surface area contributed by atoms with Gasteiger partial charge in [0.05, 0.1) is 40.3 Å². The number of hydrogen-bond donors (Lipinski definition) is 0. The van der Waals surface area contributed by atoms with Gasteiger partial charge in [0.2, 0.25) is 0 Å². The second-order valence-corrected chi connectivity index (χ2v) is 15.9. The summed E-state index contributed by atoms with van der Waals surface area (Å²) in [6, 6.07) is 8.59. The molecule has 6 nitrogen and oxygen atoms in total. The summed E-state index contributed by atoms with van der Waals surface area (Å²) in [6.45, 7) is 5.28. The monoisotopic (exact) mass is 594 g/mol. The molecule has 0 aliphatic heterocycles. The minimum absolute atomic E-state index is 0.0558. The molecule has 11 rings (SSSR count). The van der Waals surface area contributed by atoms with Gasteiger partial charge in [-0.1, -0.05) is 50.3 Å². The summed E-state index contributed by atoms with van der Waals surface area (Å²) < 4.78 is 23.2. The minimum atomic E-state index is -0.436. The fourth-order valence-corrected chi connectivity index (χ4v) is 15.3. The summed E-state index contributed by atoms with van der Waals surface area (Å²) in [4.78, 5) is 26.5. The van der Waals surface area contributed by atoms with Crippen LogP contribution in [0.4, 0.5) is 0 Å². The molecule has 0 saturated heterocycles. The maximum Gasteiger partial charge on any atom is 0.310 e. The van der Waals surface area contributed by atoms with Gasteiger partial charge >= 0.3 is 11.9 Å². The molecule has 6 bridgehead atoms. The van der Waals surface area contributed by atoms with Crippen LogP contribution in [0.3, 0.4) is 0 Å². The smallest absolute Gasteiger partial charge is 0.310 e. The van der Waals surface area contributed by atoms with Crippen LogP contribution in [0.2, 0.25) is 0 Å². The predicted molar refractivity (Wildman–Crippen MR) is 163 cm³/mol. The van der Waals surface area contributed by atoms with Crippen LogP contribution in [0.1, 0.15) is 49.7 Å². The molecule has 230 valence electrons. The quantitative estimate of drug-likeness (QED) is 0.238. The van der Waals surface area contributed by atoms with E-state index in [4.69, 9.17) is 18.9 Å². The third-order valence-corrected chi connectivity index (χ3v) is 15.9. The van der Waals surface area contributed by atoms with E-state index < -0.39 is 11.8 Å². The number of ether oxygens (including phenoxy) is 4. The van der Waals surface area contributed by atoms with E-state index in [1.54, 1.807) is 0 Å². The van der Waals surface area contributed by atoms with Crippen LogP contribution in [0, 0.1) is 81.8 Å². The van der Waals surface area contributed by atoms with E-state index in [-0.39, 0.29) is 34.6 Å². The lowest BCUT2D eigenvalue weighted by molar-refractivity contribution is -0.375. The molecular formula is C38H42O6. The Morgan fingerprint density at radius 1 is 0.659 bits per heavy atom. The van der Waals surface area contributed by atoms with Crippen LogP contribution in [0.25, 0.3) is 10.8 Å². The molecule has 2 aromatic rings. The Balaban J connectivity index is 1.09. The Hall–Kier alpha value is -3.02. The van der Waals surface area contributed by atoms with Crippen LogP contribution in [-0.4, -0.2) is 40.4 Å². The van der Waals surface area contributed by atoms with Crippen molar-refractivity contribution in [2.45, 2.75) is 38.5 Å². The van der Waals surface area contributed by atoms with E-state index >= 15 is 0 Å². The first kappa shape index (κ1) is 26.2. The molecule has 0 unspecified atom stereocenters. The first-order valence-corrected chi connectivity index (χ1v) is 16.8. The first-order chi connectivity index (χ1) is 21.3. The standard InChI is InChI=1S/C38H42O6/c1-37-29-19-13-20(24-18-12-11-17(23(19)24)27(35(39)43-5)28(18)36(40)44-6)30(29)38(37,2)32-22-14-21(31(32)37)25-26(22)34(42-4)16-10-8-7-9-15(16)33(25)41-3/h7-12,17-24,27-32H,13-14H2,1-6H3/t17-,18+,19+,20-,21-,22+,23-,24+,27-,28-,29+,30-,31-,32+,37+,38-/m1/s1. The van der Waals surface area contributed by atoms with Crippen LogP contribution in [0.5, 0.6) is 11.5 Å². The van der Waals surface area contributed by atoms with Crippen molar-refractivity contribution in [3.8, 4) is 11.5 Å². The van der Waals surface area contributed by atoms with Crippen molar-refractivity contribution < 1.29 is 28.5 Å². The average molecular weight is 595 g/mol. The summed E-state index contributed by atoms with van der Waals surface area (Å²) in [7, 11) is 6.60. The lowest BCUT2D eigenvalue weighted by Crippen LogP contribution is -2.81. The molecule has 6 heteroatoms. The second kappa shape index (κ2) is 8.03. The van der Waals surface area contributed by atoms with Gasteiger partial charge in [0, 0.05) is 21.9 Å². The molecule has 9 aliphatic carbocycles. The van der Waals surface area contributed by atoms with E-state index in [0.717, 1.165) is 22.3 Å². The number of rotatable bonds is 4. The fourth-order valence-electron chi connectivity index (χ4n) is 15.3. The second-order valence-electron chi connectivity index (χ2n) is 15.9. The molecule has 0 amide bonds. The molecule has 9 aliphatic rings. The summed E-state index contributed by atoms with van der Waals surface area (Å²) >= 11 is 0. The number of hydrogen-bond acceptors (Lipinski definition) is 6. The van der Waals surface area contributed by atoms with Crippen LogP contribution >= 0.6 is 0 Å². The van der Waals surface area contributed by atoms with Gasteiger partial charge in [-0.05, 0) is 94.7 Å². The summed E-state index contributed by atoms with van der Waals surface area (Å²) in [6.07, 6.45) is 7.00.